The van der Waals surface area contributed by atoms with Gasteiger partial charge in [-0.05, 0) is 12.1 Å². The Morgan fingerprint density at radius 3 is 2.30 bits per heavy atom. The molecule has 1 aliphatic rings. The fourth-order valence-corrected chi connectivity index (χ4v) is 4.93. The second-order valence-electron chi connectivity index (χ2n) is 6.23. The summed E-state index contributed by atoms with van der Waals surface area (Å²) < 4.78 is 37.2. The zero-order valence-electron chi connectivity index (χ0n) is 16.2. The molecule has 1 aliphatic heterocycles. The zero-order valence-corrected chi connectivity index (χ0v) is 18.5. The summed E-state index contributed by atoms with van der Waals surface area (Å²) in [6.07, 6.45) is 3.06. The fourth-order valence-electron chi connectivity index (χ4n) is 2.70. The molecular formula is C19H22Cl2N2O6S. The van der Waals surface area contributed by atoms with E-state index in [1.54, 1.807) is 0 Å². The van der Waals surface area contributed by atoms with E-state index >= 15 is 0 Å². The van der Waals surface area contributed by atoms with Crippen molar-refractivity contribution in [1.82, 2.24) is 9.21 Å². The Morgan fingerprint density at radius 1 is 1.13 bits per heavy atom. The van der Waals surface area contributed by atoms with Crippen LogP contribution in [0.1, 0.15) is 10.4 Å². The summed E-state index contributed by atoms with van der Waals surface area (Å²) in [5.41, 5.74) is -0.209. The molecule has 1 aromatic rings. The van der Waals surface area contributed by atoms with Gasteiger partial charge in [-0.3, -0.25) is 4.79 Å². The van der Waals surface area contributed by atoms with Gasteiger partial charge >= 0.3 is 5.97 Å². The van der Waals surface area contributed by atoms with Gasteiger partial charge in [0, 0.05) is 26.2 Å². The summed E-state index contributed by atoms with van der Waals surface area (Å²) in [7, 11) is -3.97. The average molecular weight is 477 g/mol. The van der Waals surface area contributed by atoms with Crippen LogP contribution in [0.3, 0.4) is 0 Å². The van der Waals surface area contributed by atoms with E-state index in [0.29, 0.717) is 0 Å². The molecule has 0 radical (unpaired) electrons. The van der Waals surface area contributed by atoms with Crippen LogP contribution in [0.5, 0.6) is 0 Å². The number of halogens is 2. The van der Waals surface area contributed by atoms with Crippen LogP contribution in [-0.4, -0.2) is 75.5 Å². The number of nitrogens with zero attached hydrogens (tertiary/aromatic N) is 2. The zero-order chi connectivity index (χ0) is 22.3. The van der Waals surface area contributed by atoms with Crippen molar-refractivity contribution in [2.24, 2.45) is 0 Å². The number of esters is 1. The molecule has 0 spiro atoms. The summed E-state index contributed by atoms with van der Waals surface area (Å²) in [6, 6.07) is 2.23. The van der Waals surface area contributed by atoms with Crippen molar-refractivity contribution < 1.29 is 27.5 Å². The second-order valence-corrected chi connectivity index (χ2v) is 8.95. The van der Waals surface area contributed by atoms with Gasteiger partial charge in [-0.2, -0.15) is 4.31 Å². The van der Waals surface area contributed by atoms with Crippen molar-refractivity contribution in [2.75, 3.05) is 46.0 Å². The lowest BCUT2D eigenvalue weighted by molar-refractivity contribution is -0.133. The van der Waals surface area contributed by atoms with Crippen molar-refractivity contribution >= 4 is 45.1 Å². The second kappa shape index (κ2) is 10.9. The number of amides is 1. The molecule has 1 saturated heterocycles. The van der Waals surface area contributed by atoms with Gasteiger partial charge in [0.15, 0.2) is 6.61 Å². The number of carbonyl (C=O) groups excluding carboxylic acids is 2. The molecule has 30 heavy (non-hydrogen) atoms. The third kappa shape index (κ3) is 5.83. The van der Waals surface area contributed by atoms with Crippen molar-refractivity contribution in [2.45, 2.75) is 4.90 Å². The highest BCUT2D eigenvalue weighted by Gasteiger charge is 2.30. The Morgan fingerprint density at radius 2 is 1.73 bits per heavy atom. The molecule has 11 heteroatoms. The molecule has 1 fully saturated rings. The number of benzene rings is 1. The molecule has 0 aliphatic carbocycles. The Hall–Kier alpha value is -1.91. The fraction of sp³-hybridized carbons (Fsp3) is 0.368. The predicted octanol–water partition coefficient (Wildman–Crippen LogP) is 2.37. The lowest BCUT2D eigenvalue weighted by Crippen LogP contribution is -2.40. The van der Waals surface area contributed by atoms with E-state index in [-0.39, 0.29) is 59.9 Å². The van der Waals surface area contributed by atoms with Crippen molar-refractivity contribution in [1.29, 1.82) is 0 Å². The van der Waals surface area contributed by atoms with Crippen LogP contribution in [0.2, 0.25) is 10.0 Å². The number of sulfonamides is 1. The first-order chi connectivity index (χ1) is 14.2. The SMILES string of the molecule is C=CCN(CC=C)C(=O)COC(=O)c1cc(S(=O)(=O)N2CCOCC2)c(Cl)cc1Cl. The molecule has 2 rings (SSSR count). The van der Waals surface area contributed by atoms with E-state index in [4.69, 9.17) is 32.7 Å². The van der Waals surface area contributed by atoms with Crippen molar-refractivity contribution in [3.05, 3.63) is 53.1 Å². The molecule has 1 heterocycles. The molecule has 0 atom stereocenters. The summed E-state index contributed by atoms with van der Waals surface area (Å²) in [5, 5.41) is -0.213. The number of hydrogen-bond donors (Lipinski definition) is 0. The molecule has 164 valence electrons. The maximum absolute atomic E-state index is 12.9. The van der Waals surface area contributed by atoms with Crippen molar-refractivity contribution in [3.8, 4) is 0 Å². The van der Waals surface area contributed by atoms with Crippen LogP contribution >= 0.6 is 23.2 Å². The van der Waals surface area contributed by atoms with Crippen LogP contribution in [0.15, 0.2) is 42.3 Å². The topological polar surface area (TPSA) is 93.2 Å². The molecule has 0 aromatic heterocycles. The maximum atomic E-state index is 12.9. The van der Waals surface area contributed by atoms with E-state index in [9.17, 15) is 18.0 Å². The van der Waals surface area contributed by atoms with E-state index < -0.39 is 28.5 Å². The molecule has 1 aromatic carbocycles. The molecule has 0 unspecified atom stereocenters. The van der Waals surface area contributed by atoms with Gasteiger partial charge in [0.1, 0.15) is 4.90 Å². The molecule has 0 saturated carbocycles. The largest absolute Gasteiger partial charge is 0.452 e. The summed E-state index contributed by atoms with van der Waals surface area (Å²) >= 11 is 12.2. The summed E-state index contributed by atoms with van der Waals surface area (Å²) in [4.78, 5) is 25.8. The number of carbonyl (C=O) groups is 2. The quantitative estimate of drug-likeness (QED) is 0.401. The maximum Gasteiger partial charge on any atom is 0.340 e. The normalized spacial score (nSPS) is 14.7. The van der Waals surface area contributed by atoms with Gasteiger partial charge in [-0.25, -0.2) is 13.2 Å². The minimum atomic E-state index is -3.97. The molecule has 8 nitrogen and oxygen atoms in total. The lowest BCUT2D eigenvalue weighted by Gasteiger charge is -2.26. The highest BCUT2D eigenvalue weighted by Crippen LogP contribution is 2.31. The van der Waals surface area contributed by atoms with Gasteiger partial charge in [-0.1, -0.05) is 35.4 Å². The Bertz CT molecular complexity index is 919. The highest BCUT2D eigenvalue weighted by molar-refractivity contribution is 7.89. The van der Waals surface area contributed by atoms with Crippen LogP contribution in [0.25, 0.3) is 0 Å². The van der Waals surface area contributed by atoms with E-state index in [0.717, 1.165) is 12.1 Å². The van der Waals surface area contributed by atoms with Gasteiger partial charge in [0.2, 0.25) is 10.0 Å². The van der Waals surface area contributed by atoms with E-state index in [1.165, 1.54) is 21.4 Å². The van der Waals surface area contributed by atoms with Gasteiger partial charge in [0.05, 0.1) is 28.8 Å². The number of rotatable bonds is 9. The molecule has 0 bridgehead atoms. The third-order valence-electron chi connectivity index (χ3n) is 4.21. The van der Waals surface area contributed by atoms with Crippen LogP contribution in [-0.2, 0) is 24.3 Å². The van der Waals surface area contributed by atoms with Gasteiger partial charge in [0.25, 0.3) is 5.91 Å². The Kier molecular flexibility index (Phi) is 8.87. The van der Waals surface area contributed by atoms with Crippen LogP contribution < -0.4 is 0 Å². The number of morpholine rings is 1. The third-order valence-corrected chi connectivity index (χ3v) is 6.88. The average Bonchev–Trinajstić information content (AvgIpc) is 2.72. The minimum absolute atomic E-state index is 0.0904. The minimum Gasteiger partial charge on any atom is -0.452 e. The lowest BCUT2D eigenvalue weighted by atomic mass is 10.2. The molecule has 0 N–H and O–H groups in total. The molecule has 1 amide bonds. The smallest absolute Gasteiger partial charge is 0.340 e. The Balaban J connectivity index is 2.22. The number of ether oxygens (including phenoxy) is 2. The Labute approximate surface area is 185 Å². The van der Waals surface area contributed by atoms with E-state index in [2.05, 4.69) is 13.2 Å². The van der Waals surface area contributed by atoms with Gasteiger partial charge in [-0.15, -0.1) is 13.2 Å². The van der Waals surface area contributed by atoms with Crippen LogP contribution in [0.4, 0.5) is 0 Å². The molecular weight excluding hydrogens is 455 g/mol. The first-order valence-electron chi connectivity index (χ1n) is 8.96. The first-order valence-corrected chi connectivity index (χ1v) is 11.2. The van der Waals surface area contributed by atoms with E-state index in [1.807, 2.05) is 0 Å². The monoisotopic (exact) mass is 476 g/mol. The number of hydrogen-bond acceptors (Lipinski definition) is 6. The summed E-state index contributed by atoms with van der Waals surface area (Å²) in [5.74, 6) is -1.41. The van der Waals surface area contributed by atoms with Crippen LogP contribution in [0, 0.1) is 0 Å². The predicted molar refractivity (Wildman–Crippen MR) is 113 cm³/mol. The van der Waals surface area contributed by atoms with Crippen molar-refractivity contribution in [3.63, 3.8) is 0 Å². The summed E-state index contributed by atoms with van der Waals surface area (Å²) in [6.45, 7) is 7.93. The van der Waals surface area contributed by atoms with Gasteiger partial charge < -0.3 is 14.4 Å². The highest BCUT2D eigenvalue weighted by atomic mass is 35.5. The standard InChI is InChI=1S/C19H22Cl2N2O6S/c1-3-5-22(6-4-2)18(24)13-29-19(25)14-11-17(16(21)12-15(14)20)30(26,27)23-7-9-28-10-8-23/h3-4,11-12H,1-2,5-10,13H2. The first kappa shape index (κ1) is 24.4.